The van der Waals surface area contributed by atoms with E-state index in [1.165, 1.54) is 6.20 Å². The Labute approximate surface area is 105 Å². The lowest BCUT2D eigenvalue weighted by Gasteiger charge is -2.05. The van der Waals surface area contributed by atoms with Crippen molar-refractivity contribution < 1.29 is 9.90 Å². The molecule has 2 aromatic rings. The smallest absolute Gasteiger partial charge is 0.354 e. The van der Waals surface area contributed by atoms with Gasteiger partial charge in [-0.2, -0.15) is 0 Å². The van der Waals surface area contributed by atoms with E-state index in [1.807, 2.05) is 26.0 Å². The number of aromatic nitrogens is 3. The number of aromatic carboxylic acids is 1. The minimum absolute atomic E-state index is 0.0148. The third-order valence-electron chi connectivity index (χ3n) is 2.50. The zero-order chi connectivity index (χ0) is 13.3. The Balaban J connectivity index is 2.57. The molecule has 0 amide bonds. The van der Waals surface area contributed by atoms with Crippen LogP contribution < -0.4 is 0 Å². The number of carbonyl (C=O) groups is 1. The fourth-order valence-electron chi connectivity index (χ4n) is 1.74. The van der Waals surface area contributed by atoms with E-state index in [0.29, 0.717) is 17.1 Å². The van der Waals surface area contributed by atoms with Crippen molar-refractivity contribution in [1.29, 1.82) is 0 Å². The second-order valence-corrected chi connectivity index (χ2v) is 4.20. The summed E-state index contributed by atoms with van der Waals surface area (Å²) in [6.45, 7) is 5.50. The first kappa shape index (κ1) is 12.2. The van der Waals surface area contributed by atoms with Gasteiger partial charge in [-0.05, 0) is 38.5 Å². The van der Waals surface area contributed by atoms with E-state index in [2.05, 4.69) is 15.0 Å². The Bertz CT molecular complexity index is 603. The van der Waals surface area contributed by atoms with Crippen molar-refractivity contribution in [3.05, 3.63) is 40.8 Å². The molecule has 0 aromatic carbocycles. The lowest BCUT2D eigenvalue weighted by Crippen LogP contribution is -2.06. The largest absolute Gasteiger partial charge is 0.477 e. The molecule has 0 radical (unpaired) electrons. The molecule has 0 bridgehead atoms. The molecule has 0 aliphatic rings. The molecular formula is C13H13N3O2. The quantitative estimate of drug-likeness (QED) is 0.874. The van der Waals surface area contributed by atoms with Gasteiger partial charge >= 0.3 is 5.97 Å². The Hall–Kier alpha value is -2.30. The van der Waals surface area contributed by atoms with Gasteiger partial charge in [0.15, 0.2) is 11.5 Å². The highest BCUT2D eigenvalue weighted by Gasteiger charge is 2.13. The molecule has 5 heteroatoms. The number of carboxylic acids is 1. The maximum absolute atomic E-state index is 11.0. The normalized spacial score (nSPS) is 10.4. The van der Waals surface area contributed by atoms with Crippen LogP contribution in [-0.2, 0) is 0 Å². The molecule has 0 spiro atoms. The standard InChI is InChI=1S/C13H13N3O2/c1-7-4-9(3)15-10(5-7)12-14-6-8(2)11(16-12)13(17)18/h4-6H,1-3H3,(H,17,18). The number of hydrogen-bond donors (Lipinski definition) is 1. The van der Waals surface area contributed by atoms with Crippen LogP contribution in [0.5, 0.6) is 0 Å². The van der Waals surface area contributed by atoms with Gasteiger partial charge in [-0.15, -0.1) is 0 Å². The summed E-state index contributed by atoms with van der Waals surface area (Å²) in [6, 6.07) is 3.78. The highest BCUT2D eigenvalue weighted by atomic mass is 16.4. The van der Waals surface area contributed by atoms with Gasteiger partial charge in [-0.1, -0.05) is 0 Å². The number of carboxylic acid groups (broad SMARTS) is 1. The molecule has 5 nitrogen and oxygen atoms in total. The number of aryl methyl sites for hydroxylation is 3. The van der Waals surface area contributed by atoms with Gasteiger partial charge in [0.1, 0.15) is 5.69 Å². The van der Waals surface area contributed by atoms with Crippen molar-refractivity contribution in [3.63, 3.8) is 0 Å². The molecule has 18 heavy (non-hydrogen) atoms. The fraction of sp³-hybridized carbons (Fsp3) is 0.231. The van der Waals surface area contributed by atoms with Gasteiger partial charge < -0.3 is 5.11 Å². The second kappa shape index (κ2) is 4.52. The molecule has 0 saturated heterocycles. The summed E-state index contributed by atoms with van der Waals surface area (Å²) in [5, 5.41) is 9.04. The minimum Gasteiger partial charge on any atom is -0.477 e. The van der Waals surface area contributed by atoms with Gasteiger partial charge in [0.05, 0.1) is 0 Å². The van der Waals surface area contributed by atoms with E-state index < -0.39 is 5.97 Å². The summed E-state index contributed by atoms with van der Waals surface area (Å²) in [4.78, 5) is 23.5. The molecule has 1 N–H and O–H groups in total. The topological polar surface area (TPSA) is 76.0 Å². The van der Waals surface area contributed by atoms with Crippen LogP contribution in [0.2, 0.25) is 0 Å². The third-order valence-corrected chi connectivity index (χ3v) is 2.50. The van der Waals surface area contributed by atoms with Crippen molar-refractivity contribution in [3.8, 4) is 11.5 Å². The Kier molecular flexibility index (Phi) is 3.06. The van der Waals surface area contributed by atoms with E-state index in [-0.39, 0.29) is 5.69 Å². The highest BCUT2D eigenvalue weighted by Crippen LogP contribution is 2.16. The van der Waals surface area contributed by atoms with Crippen LogP contribution in [0.4, 0.5) is 0 Å². The van der Waals surface area contributed by atoms with Gasteiger partial charge in [0.2, 0.25) is 0 Å². The summed E-state index contributed by atoms with van der Waals surface area (Å²) in [5.41, 5.74) is 3.04. The zero-order valence-corrected chi connectivity index (χ0v) is 10.4. The zero-order valence-electron chi connectivity index (χ0n) is 10.4. The predicted molar refractivity (Wildman–Crippen MR) is 66.4 cm³/mol. The van der Waals surface area contributed by atoms with Crippen molar-refractivity contribution in [2.45, 2.75) is 20.8 Å². The van der Waals surface area contributed by atoms with Gasteiger partial charge in [0.25, 0.3) is 0 Å². The van der Waals surface area contributed by atoms with E-state index >= 15 is 0 Å². The van der Waals surface area contributed by atoms with Crippen molar-refractivity contribution in [1.82, 2.24) is 15.0 Å². The van der Waals surface area contributed by atoms with Crippen LogP contribution in [0.15, 0.2) is 18.3 Å². The van der Waals surface area contributed by atoms with Crippen LogP contribution in [0.3, 0.4) is 0 Å². The summed E-state index contributed by atoms with van der Waals surface area (Å²) >= 11 is 0. The van der Waals surface area contributed by atoms with Crippen LogP contribution in [-0.4, -0.2) is 26.0 Å². The molecule has 2 heterocycles. The van der Waals surface area contributed by atoms with Gasteiger partial charge in [-0.3, -0.25) is 0 Å². The molecule has 2 rings (SSSR count). The summed E-state index contributed by atoms with van der Waals surface area (Å²) in [7, 11) is 0. The number of hydrogen-bond acceptors (Lipinski definition) is 4. The van der Waals surface area contributed by atoms with Crippen molar-refractivity contribution >= 4 is 5.97 Å². The monoisotopic (exact) mass is 243 g/mol. The maximum Gasteiger partial charge on any atom is 0.354 e. The van der Waals surface area contributed by atoms with Crippen LogP contribution in [0.25, 0.3) is 11.5 Å². The molecule has 0 unspecified atom stereocenters. The summed E-state index contributed by atoms with van der Waals surface area (Å²) < 4.78 is 0. The van der Waals surface area contributed by atoms with Crippen molar-refractivity contribution in [2.75, 3.05) is 0 Å². The van der Waals surface area contributed by atoms with Crippen molar-refractivity contribution in [2.24, 2.45) is 0 Å². The lowest BCUT2D eigenvalue weighted by molar-refractivity contribution is 0.0689. The van der Waals surface area contributed by atoms with E-state index in [4.69, 9.17) is 5.11 Å². The first-order chi connectivity index (χ1) is 8.47. The molecule has 0 fully saturated rings. The van der Waals surface area contributed by atoms with E-state index in [9.17, 15) is 4.79 Å². The molecular weight excluding hydrogens is 230 g/mol. The lowest BCUT2D eigenvalue weighted by atomic mass is 10.2. The molecule has 0 aliphatic heterocycles. The average molecular weight is 243 g/mol. The van der Waals surface area contributed by atoms with E-state index in [1.54, 1.807) is 6.92 Å². The summed E-state index contributed by atoms with van der Waals surface area (Å²) in [6.07, 6.45) is 1.51. The third kappa shape index (κ3) is 2.34. The highest BCUT2D eigenvalue weighted by molar-refractivity contribution is 5.87. The maximum atomic E-state index is 11.0. The molecule has 92 valence electrons. The van der Waals surface area contributed by atoms with Gasteiger partial charge in [-0.25, -0.2) is 19.7 Å². The SMILES string of the molecule is Cc1cc(C)nc(-c2ncc(C)c(C(=O)O)n2)c1. The molecule has 0 aliphatic carbocycles. The first-order valence-corrected chi connectivity index (χ1v) is 5.50. The molecule has 0 saturated carbocycles. The number of pyridine rings is 1. The molecule has 2 aromatic heterocycles. The van der Waals surface area contributed by atoms with Crippen LogP contribution in [0.1, 0.15) is 27.3 Å². The average Bonchev–Trinajstić information content (AvgIpc) is 2.27. The predicted octanol–water partition coefficient (Wildman–Crippen LogP) is 2.16. The van der Waals surface area contributed by atoms with Crippen LogP contribution >= 0.6 is 0 Å². The van der Waals surface area contributed by atoms with Crippen LogP contribution in [0, 0.1) is 20.8 Å². The fourth-order valence-corrected chi connectivity index (χ4v) is 1.74. The number of nitrogens with zero attached hydrogens (tertiary/aromatic N) is 3. The Morgan fingerprint density at radius 2 is 1.89 bits per heavy atom. The minimum atomic E-state index is -1.06. The Morgan fingerprint density at radius 3 is 2.50 bits per heavy atom. The van der Waals surface area contributed by atoms with E-state index in [0.717, 1.165) is 11.3 Å². The number of rotatable bonds is 2. The molecule has 0 atom stereocenters. The Morgan fingerprint density at radius 1 is 1.17 bits per heavy atom. The first-order valence-electron chi connectivity index (χ1n) is 5.50. The summed E-state index contributed by atoms with van der Waals surface area (Å²) in [5.74, 6) is -0.717. The van der Waals surface area contributed by atoms with Gasteiger partial charge in [0, 0.05) is 17.5 Å². The second-order valence-electron chi connectivity index (χ2n) is 4.20.